The van der Waals surface area contributed by atoms with E-state index in [1.54, 1.807) is 36.0 Å². The Morgan fingerprint density at radius 3 is 2.80 bits per heavy atom. The molecule has 8 heteroatoms. The summed E-state index contributed by atoms with van der Waals surface area (Å²) in [5.74, 6) is 0.939. The molecule has 1 aliphatic heterocycles. The molecular formula is C17H23N3O3S2. The van der Waals surface area contributed by atoms with E-state index in [1.807, 2.05) is 6.26 Å². The van der Waals surface area contributed by atoms with E-state index in [0.717, 1.165) is 31.4 Å². The normalized spacial score (nSPS) is 21.7. The zero-order chi connectivity index (χ0) is 17.9. The minimum absolute atomic E-state index is 0.114. The van der Waals surface area contributed by atoms with Crippen LogP contribution in [0.3, 0.4) is 0 Å². The topological polar surface area (TPSA) is 87.6 Å². The Balaban J connectivity index is 1.84. The van der Waals surface area contributed by atoms with E-state index in [4.69, 9.17) is 0 Å². The van der Waals surface area contributed by atoms with E-state index < -0.39 is 16.1 Å². The van der Waals surface area contributed by atoms with Gasteiger partial charge in [-0.05, 0) is 43.4 Å². The summed E-state index contributed by atoms with van der Waals surface area (Å²) in [5, 5.41) is 3.07. The van der Waals surface area contributed by atoms with E-state index in [2.05, 4.69) is 15.0 Å². The van der Waals surface area contributed by atoms with Crippen molar-refractivity contribution in [3.05, 3.63) is 29.8 Å². The van der Waals surface area contributed by atoms with E-state index in [9.17, 15) is 13.2 Å². The molecule has 2 N–H and O–H groups in total. The Morgan fingerprint density at radius 2 is 2.08 bits per heavy atom. The lowest BCUT2D eigenvalue weighted by Crippen LogP contribution is -2.40. The number of fused-ring (bicyclic) bond motifs is 1. The molecule has 0 radical (unpaired) electrons. The van der Waals surface area contributed by atoms with Gasteiger partial charge >= 0.3 is 0 Å². The van der Waals surface area contributed by atoms with Crippen molar-refractivity contribution in [2.24, 2.45) is 4.99 Å². The molecule has 1 saturated carbocycles. The highest BCUT2D eigenvalue weighted by molar-refractivity contribution is 7.98. The molecule has 1 aromatic carbocycles. The fourth-order valence-electron chi connectivity index (χ4n) is 3.24. The molecule has 1 fully saturated rings. The van der Waals surface area contributed by atoms with Crippen LogP contribution in [0, 0.1) is 0 Å². The predicted octanol–water partition coefficient (Wildman–Crippen LogP) is 1.91. The summed E-state index contributed by atoms with van der Waals surface area (Å²) in [4.78, 5) is 17.4. The largest absolute Gasteiger partial charge is 0.352 e. The Kier molecular flexibility index (Phi) is 5.68. The molecule has 1 amide bonds. The van der Waals surface area contributed by atoms with Crippen molar-refractivity contribution < 1.29 is 13.2 Å². The number of amides is 1. The van der Waals surface area contributed by atoms with Crippen molar-refractivity contribution in [3.63, 3.8) is 0 Å². The van der Waals surface area contributed by atoms with E-state index in [-0.39, 0.29) is 22.7 Å². The van der Waals surface area contributed by atoms with Crippen molar-refractivity contribution in [2.45, 2.75) is 49.1 Å². The Hall–Kier alpha value is -1.54. The number of nitrogens with one attached hydrogen (secondary N) is 2. The summed E-state index contributed by atoms with van der Waals surface area (Å²) in [7, 11) is -3.59. The maximum absolute atomic E-state index is 12.7. The lowest BCUT2D eigenvalue weighted by molar-refractivity contribution is -0.123. The van der Waals surface area contributed by atoms with Crippen molar-refractivity contribution in [3.8, 4) is 0 Å². The van der Waals surface area contributed by atoms with E-state index in [0.29, 0.717) is 12.0 Å². The minimum atomic E-state index is -3.59. The van der Waals surface area contributed by atoms with Crippen molar-refractivity contribution in [1.29, 1.82) is 0 Å². The Bertz CT molecular complexity index is 771. The van der Waals surface area contributed by atoms with E-state index >= 15 is 0 Å². The van der Waals surface area contributed by atoms with Crippen LogP contribution in [0.1, 0.15) is 37.7 Å². The van der Waals surface area contributed by atoms with Gasteiger partial charge in [0, 0.05) is 11.6 Å². The first-order valence-corrected chi connectivity index (χ1v) is 11.4. The number of sulfonamides is 1. The van der Waals surface area contributed by atoms with Crippen LogP contribution >= 0.6 is 11.8 Å². The average molecular weight is 382 g/mol. The molecule has 6 nitrogen and oxygen atoms in total. The average Bonchev–Trinajstić information content (AvgIpc) is 3.18. The van der Waals surface area contributed by atoms with Gasteiger partial charge in [0.1, 0.15) is 11.9 Å². The number of carbonyl (C=O) groups excluding carboxylic acids is 1. The quantitative estimate of drug-likeness (QED) is 0.788. The summed E-state index contributed by atoms with van der Waals surface area (Å²) >= 11 is 1.65. The van der Waals surface area contributed by atoms with Gasteiger partial charge in [-0.15, -0.1) is 0 Å². The van der Waals surface area contributed by atoms with Crippen molar-refractivity contribution in [1.82, 2.24) is 10.0 Å². The van der Waals surface area contributed by atoms with Gasteiger partial charge in [-0.25, -0.2) is 8.42 Å². The molecule has 1 aromatic rings. The summed E-state index contributed by atoms with van der Waals surface area (Å²) in [6.45, 7) is 0. The molecule has 25 heavy (non-hydrogen) atoms. The van der Waals surface area contributed by atoms with Crippen LogP contribution in [0.25, 0.3) is 0 Å². The number of benzene rings is 1. The molecular weight excluding hydrogens is 358 g/mol. The van der Waals surface area contributed by atoms with E-state index in [1.165, 1.54) is 0 Å². The van der Waals surface area contributed by atoms with Gasteiger partial charge in [0.05, 0.1) is 4.90 Å². The van der Waals surface area contributed by atoms with Gasteiger partial charge in [0.2, 0.25) is 5.91 Å². The molecule has 0 saturated heterocycles. The van der Waals surface area contributed by atoms with Gasteiger partial charge in [-0.2, -0.15) is 11.8 Å². The lowest BCUT2D eigenvalue weighted by atomic mass is 10.1. The van der Waals surface area contributed by atoms with Crippen LogP contribution in [0.2, 0.25) is 0 Å². The summed E-state index contributed by atoms with van der Waals surface area (Å²) in [6, 6.07) is 6.35. The highest BCUT2D eigenvalue weighted by Crippen LogP contribution is 2.23. The molecule has 1 heterocycles. The molecule has 0 spiro atoms. The summed E-state index contributed by atoms with van der Waals surface area (Å²) < 4.78 is 26.9. The number of thioether (sulfide) groups is 1. The van der Waals surface area contributed by atoms with Crippen molar-refractivity contribution >= 4 is 33.5 Å². The Labute approximate surface area is 152 Å². The van der Waals surface area contributed by atoms with Crippen LogP contribution in [-0.2, 0) is 14.8 Å². The second-order valence-corrected chi connectivity index (χ2v) is 9.00. The van der Waals surface area contributed by atoms with Gasteiger partial charge in [0.25, 0.3) is 10.0 Å². The molecule has 2 aliphatic rings. The van der Waals surface area contributed by atoms with Crippen molar-refractivity contribution in [2.75, 3.05) is 12.0 Å². The van der Waals surface area contributed by atoms with Crippen LogP contribution < -0.4 is 10.0 Å². The standard InChI is InChI=1S/C17H23N3O3S2/c1-24-11-10-14(17(21)18-12-6-2-3-7-12)19-16-13-8-4-5-9-15(13)25(22,23)20-16/h4-5,8-9,12,14H,2-3,6-7,10-11H2,1H3,(H,18,21)(H,19,20)/t14-/m1/s1. The second-order valence-electron chi connectivity index (χ2n) is 6.37. The van der Waals surface area contributed by atoms with Gasteiger partial charge in [0.15, 0.2) is 0 Å². The fourth-order valence-corrected chi connectivity index (χ4v) is 4.93. The fraction of sp³-hybridized carbons (Fsp3) is 0.529. The van der Waals surface area contributed by atoms with Crippen LogP contribution in [0.5, 0.6) is 0 Å². The second kappa shape index (κ2) is 7.78. The molecule has 0 aromatic heterocycles. The molecule has 136 valence electrons. The van der Waals surface area contributed by atoms with Gasteiger partial charge in [-0.1, -0.05) is 25.0 Å². The minimum Gasteiger partial charge on any atom is -0.352 e. The molecule has 0 bridgehead atoms. The third-order valence-electron chi connectivity index (χ3n) is 4.55. The maximum atomic E-state index is 12.7. The van der Waals surface area contributed by atoms with Crippen LogP contribution in [0.4, 0.5) is 0 Å². The zero-order valence-electron chi connectivity index (χ0n) is 14.2. The third kappa shape index (κ3) is 4.17. The number of hydrogen-bond acceptors (Lipinski definition) is 5. The molecule has 1 aliphatic carbocycles. The zero-order valence-corrected chi connectivity index (χ0v) is 15.8. The summed E-state index contributed by atoms with van der Waals surface area (Å²) in [6.07, 6.45) is 6.85. The number of aliphatic imine (C=N–C) groups is 1. The highest BCUT2D eigenvalue weighted by atomic mass is 32.2. The lowest BCUT2D eigenvalue weighted by Gasteiger charge is -2.17. The number of rotatable bonds is 6. The van der Waals surface area contributed by atoms with Gasteiger partial charge in [-0.3, -0.25) is 14.5 Å². The number of carbonyl (C=O) groups is 1. The highest BCUT2D eigenvalue weighted by Gasteiger charge is 2.32. The van der Waals surface area contributed by atoms with Crippen LogP contribution in [0.15, 0.2) is 34.2 Å². The number of hydrogen-bond donors (Lipinski definition) is 2. The molecule has 3 rings (SSSR count). The first-order chi connectivity index (χ1) is 12.0. The number of nitrogens with zero attached hydrogens (tertiary/aromatic N) is 1. The first kappa shape index (κ1) is 18.3. The summed E-state index contributed by atoms with van der Waals surface area (Å²) in [5.41, 5.74) is 0.533. The SMILES string of the molecule is CSCC[C@@H](N=C1NS(=O)(=O)c2ccccc21)C(=O)NC1CCCC1. The third-order valence-corrected chi connectivity index (χ3v) is 6.59. The molecule has 1 atom stereocenters. The predicted molar refractivity (Wildman–Crippen MR) is 100 cm³/mol. The first-order valence-electron chi connectivity index (χ1n) is 8.50. The maximum Gasteiger partial charge on any atom is 0.263 e. The smallest absolute Gasteiger partial charge is 0.263 e. The number of amidine groups is 1. The molecule has 0 unspecified atom stereocenters. The van der Waals surface area contributed by atoms with Gasteiger partial charge < -0.3 is 5.32 Å². The van der Waals surface area contributed by atoms with Crippen LogP contribution in [-0.4, -0.2) is 44.3 Å². The monoisotopic (exact) mass is 381 g/mol. The Morgan fingerprint density at radius 1 is 1.36 bits per heavy atom.